The minimum absolute atomic E-state index is 0.0910. The number of nitrogens with one attached hydrogen (secondary N) is 1. The van der Waals surface area contributed by atoms with E-state index in [-0.39, 0.29) is 17.8 Å². The molecule has 2 rings (SSSR count). The van der Waals surface area contributed by atoms with Crippen molar-refractivity contribution in [3.8, 4) is 0 Å². The molecule has 0 spiro atoms. The van der Waals surface area contributed by atoms with Crippen molar-refractivity contribution in [2.45, 2.75) is 31.8 Å². The summed E-state index contributed by atoms with van der Waals surface area (Å²) in [5.74, 6) is -1.10. The zero-order chi connectivity index (χ0) is 20.7. The number of hydrogen-bond donors (Lipinski definition) is 1. The van der Waals surface area contributed by atoms with E-state index in [0.29, 0.717) is 11.6 Å². The summed E-state index contributed by atoms with van der Waals surface area (Å²) in [4.78, 5) is 42.7. The number of aromatic nitrogens is 2. The molecule has 148 valence electrons. The van der Waals surface area contributed by atoms with E-state index < -0.39 is 23.4 Å². The van der Waals surface area contributed by atoms with Crippen molar-refractivity contribution in [1.82, 2.24) is 9.97 Å². The highest BCUT2D eigenvalue weighted by Crippen LogP contribution is 2.18. The number of nitrogens with zero attached hydrogens (tertiary/aromatic N) is 3. The van der Waals surface area contributed by atoms with Gasteiger partial charge in [-0.15, -0.1) is 0 Å². The molecule has 1 aromatic carbocycles. The number of thioether (sulfide) groups is 1. The molecule has 2 aromatic rings. The van der Waals surface area contributed by atoms with Crippen molar-refractivity contribution >= 4 is 35.0 Å². The summed E-state index contributed by atoms with van der Waals surface area (Å²) >= 11 is 1.45. The Labute approximate surface area is 166 Å². The van der Waals surface area contributed by atoms with Crippen LogP contribution in [0.2, 0.25) is 0 Å². The van der Waals surface area contributed by atoms with Crippen LogP contribution in [0.5, 0.6) is 0 Å². The number of carbonyl (C=O) groups excluding carboxylic acids is 2. The van der Waals surface area contributed by atoms with Gasteiger partial charge >= 0.3 is 5.97 Å². The van der Waals surface area contributed by atoms with Crippen LogP contribution in [0.4, 0.5) is 11.4 Å². The zero-order valence-electron chi connectivity index (χ0n) is 15.7. The normalized spacial score (nSPS) is 10.4. The molecule has 0 unspecified atom stereocenters. The number of amides is 1. The van der Waals surface area contributed by atoms with Crippen LogP contribution in [0.3, 0.4) is 0 Å². The second-order valence-corrected chi connectivity index (χ2v) is 6.65. The average molecular weight is 404 g/mol. The fraction of sp³-hybridized carbons (Fsp3) is 0.333. The number of rotatable bonds is 8. The molecule has 0 aliphatic carbocycles. The van der Waals surface area contributed by atoms with Gasteiger partial charge in [0.1, 0.15) is 0 Å². The molecule has 0 saturated heterocycles. The van der Waals surface area contributed by atoms with Crippen molar-refractivity contribution in [3.63, 3.8) is 0 Å². The quantitative estimate of drug-likeness (QED) is 0.234. The molecule has 0 saturated carbocycles. The van der Waals surface area contributed by atoms with Gasteiger partial charge in [0.15, 0.2) is 11.8 Å². The molecule has 28 heavy (non-hydrogen) atoms. The highest BCUT2D eigenvalue weighted by Gasteiger charge is 2.13. The van der Waals surface area contributed by atoms with Crippen LogP contribution >= 0.6 is 11.8 Å². The molecular weight excluding hydrogens is 384 g/mol. The summed E-state index contributed by atoms with van der Waals surface area (Å²) in [5, 5.41) is 13.9. The fourth-order valence-corrected chi connectivity index (χ4v) is 2.96. The molecule has 10 heteroatoms. The Hall–Kier alpha value is -3.01. The van der Waals surface area contributed by atoms with E-state index in [9.17, 15) is 19.7 Å². The van der Waals surface area contributed by atoms with E-state index in [2.05, 4.69) is 15.3 Å². The first-order valence-corrected chi connectivity index (χ1v) is 9.60. The molecule has 1 heterocycles. The van der Waals surface area contributed by atoms with E-state index in [4.69, 9.17) is 4.74 Å². The Morgan fingerprint density at radius 2 is 1.93 bits per heavy atom. The molecule has 1 N–H and O–H groups in total. The SMILES string of the molecule is CSc1nc(C)c(CCC(=O)OCC(=O)Nc2cccc([N+](=O)[O-])c2)c(C)n1. The molecule has 0 atom stereocenters. The maximum absolute atomic E-state index is 11.9. The fourth-order valence-electron chi connectivity index (χ4n) is 2.50. The Balaban J connectivity index is 1.83. The van der Waals surface area contributed by atoms with E-state index in [1.54, 1.807) is 0 Å². The van der Waals surface area contributed by atoms with Crippen LogP contribution in [-0.2, 0) is 20.7 Å². The largest absolute Gasteiger partial charge is 0.456 e. The second kappa shape index (κ2) is 9.79. The average Bonchev–Trinajstić information content (AvgIpc) is 2.65. The van der Waals surface area contributed by atoms with Gasteiger partial charge in [-0.1, -0.05) is 17.8 Å². The van der Waals surface area contributed by atoms with Crippen molar-refractivity contribution in [2.24, 2.45) is 0 Å². The minimum Gasteiger partial charge on any atom is -0.456 e. The van der Waals surface area contributed by atoms with Crippen LogP contribution in [-0.4, -0.2) is 39.6 Å². The van der Waals surface area contributed by atoms with Crippen molar-refractivity contribution in [3.05, 3.63) is 51.3 Å². The van der Waals surface area contributed by atoms with Crippen LogP contribution in [0.1, 0.15) is 23.4 Å². The highest BCUT2D eigenvalue weighted by molar-refractivity contribution is 7.98. The van der Waals surface area contributed by atoms with Gasteiger partial charge in [-0.3, -0.25) is 19.7 Å². The Morgan fingerprint density at radius 1 is 1.25 bits per heavy atom. The molecule has 9 nitrogen and oxygen atoms in total. The first-order chi connectivity index (χ1) is 13.3. The van der Waals surface area contributed by atoms with Gasteiger partial charge in [-0.2, -0.15) is 0 Å². The molecule has 1 aromatic heterocycles. The maximum atomic E-state index is 11.9. The zero-order valence-corrected chi connectivity index (χ0v) is 16.5. The van der Waals surface area contributed by atoms with Crippen molar-refractivity contribution < 1.29 is 19.2 Å². The molecule has 0 fully saturated rings. The standard InChI is InChI=1S/C18H20N4O5S/c1-11-15(12(2)20-18(19-11)28-3)7-8-17(24)27-10-16(23)21-13-5-4-6-14(9-13)22(25)26/h4-6,9H,7-8,10H2,1-3H3,(H,21,23). The van der Waals surface area contributed by atoms with Gasteiger partial charge in [-0.05, 0) is 38.2 Å². The predicted molar refractivity (Wildman–Crippen MR) is 104 cm³/mol. The number of hydrogen-bond acceptors (Lipinski definition) is 8. The summed E-state index contributed by atoms with van der Waals surface area (Å²) in [6.45, 7) is 3.25. The van der Waals surface area contributed by atoms with E-state index in [1.165, 1.54) is 36.0 Å². The number of nitro groups is 1. The van der Waals surface area contributed by atoms with Crippen molar-refractivity contribution in [1.29, 1.82) is 0 Å². The highest BCUT2D eigenvalue weighted by atomic mass is 32.2. The number of aryl methyl sites for hydroxylation is 2. The summed E-state index contributed by atoms with van der Waals surface area (Å²) in [6, 6.07) is 5.50. The third-order valence-electron chi connectivity index (χ3n) is 3.87. The Kier molecular flexibility index (Phi) is 7.44. The lowest BCUT2D eigenvalue weighted by Crippen LogP contribution is -2.21. The third kappa shape index (κ3) is 6.02. The van der Waals surface area contributed by atoms with Gasteiger partial charge in [0.25, 0.3) is 11.6 Å². The van der Waals surface area contributed by atoms with E-state index >= 15 is 0 Å². The van der Waals surface area contributed by atoms with Gasteiger partial charge < -0.3 is 10.1 Å². The second-order valence-electron chi connectivity index (χ2n) is 5.88. The van der Waals surface area contributed by atoms with E-state index in [0.717, 1.165) is 17.0 Å². The summed E-state index contributed by atoms with van der Waals surface area (Å²) < 4.78 is 4.97. The lowest BCUT2D eigenvalue weighted by molar-refractivity contribution is -0.384. The van der Waals surface area contributed by atoms with Crippen LogP contribution < -0.4 is 5.32 Å². The number of benzene rings is 1. The lowest BCUT2D eigenvalue weighted by atomic mass is 10.1. The van der Waals surface area contributed by atoms with Gasteiger partial charge in [0.05, 0.1) is 4.92 Å². The third-order valence-corrected chi connectivity index (χ3v) is 4.41. The number of nitro benzene ring substituents is 1. The summed E-state index contributed by atoms with van der Waals surface area (Å²) in [7, 11) is 0. The monoisotopic (exact) mass is 404 g/mol. The van der Waals surface area contributed by atoms with Gasteiger partial charge in [0, 0.05) is 35.6 Å². The number of non-ortho nitro benzene ring substituents is 1. The van der Waals surface area contributed by atoms with Gasteiger partial charge in [-0.25, -0.2) is 9.97 Å². The van der Waals surface area contributed by atoms with Crippen molar-refractivity contribution in [2.75, 3.05) is 18.2 Å². The predicted octanol–water partition coefficient (Wildman–Crippen LogP) is 2.84. The first-order valence-electron chi connectivity index (χ1n) is 8.38. The molecule has 0 radical (unpaired) electrons. The number of carbonyl (C=O) groups is 2. The first kappa shape index (κ1) is 21.3. The topological polar surface area (TPSA) is 124 Å². The van der Waals surface area contributed by atoms with Gasteiger partial charge in [0.2, 0.25) is 0 Å². The molecule has 0 aliphatic heterocycles. The Morgan fingerprint density at radius 3 is 2.54 bits per heavy atom. The van der Waals surface area contributed by atoms with E-state index in [1.807, 2.05) is 20.1 Å². The lowest BCUT2D eigenvalue weighted by Gasteiger charge is -2.10. The molecule has 1 amide bonds. The minimum atomic E-state index is -0.575. The number of ether oxygens (including phenoxy) is 1. The molecular formula is C18H20N4O5S. The number of esters is 1. The van der Waals surface area contributed by atoms with Crippen LogP contribution in [0, 0.1) is 24.0 Å². The van der Waals surface area contributed by atoms with Crippen LogP contribution in [0.25, 0.3) is 0 Å². The number of anilines is 1. The maximum Gasteiger partial charge on any atom is 0.306 e. The van der Waals surface area contributed by atoms with Crippen LogP contribution in [0.15, 0.2) is 29.4 Å². The molecule has 0 aliphatic rings. The smallest absolute Gasteiger partial charge is 0.306 e. The summed E-state index contributed by atoms with van der Waals surface area (Å²) in [6.07, 6.45) is 2.40. The molecule has 0 bridgehead atoms. The Bertz CT molecular complexity index is 880. The summed E-state index contributed by atoms with van der Waals surface area (Å²) in [5.41, 5.74) is 2.62.